The van der Waals surface area contributed by atoms with Gasteiger partial charge in [0.15, 0.2) is 0 Å². The largest absolute Gasteiger partial charge is 0.390 e. The van der Waals surface area contributed by atoms with E-state index in [2.05, 4.69) is 24.1 Å². The minimum Gasteiger partial charge on any atom is -0.390 e. The van der Waals surface area contributed by atoms with Crippen LogP contribution in [-0.2, 0) is 0 Å². The maximum Gasteiger partial charge on any atom is 0.0839 e. The van der Waals surface area contributed by atoms with Crippen LogP contribution in [0.5, 0.6) is 0 Å². The quantitative estimate of drug-likeness (QED) is 0.810. The lowest BCUT2D eigenvalue weighted by Crippen LogP contribution is -2.35. The van der Waals surface area contributed by atoms with Gasteiger partial charge in [-0.05, 0) is 31.3 Å². The van der Waals surface area contributed by atoms with Crippen LogP contribution in [0, 0.1) is 0 Å². The number of aliphatic hydroxyl groups excluding tert-OH is 1. The number of hydrogen-bond acceptors (Lipinski definition) is 3. The Morgan fingerprint density at radius 2 is 1.72 bits per heavy atom. The van der Waals surface area contributed by atoms with Crippen LogP contribution in [0.1, 0.15) is 13.8 Å². The molecule has 0 aliphatic carbocycles. The van der Waals surface area contributed by atoms with E-state index in [1.807, 2.05) is 0 Å². The van der Waals surface area contributed by atoms with Gasteiger partial charge >= 0.3 is 0 Å². The Labute approximate surface area is 119 Å². The number of nitrogens with zero attached hydrogens (tertiary/aromatic N) is 1. The Morgan fingerprint density at radius 3 is 2.22 bits per heavy atom. The van der Waals surface area contributed by atoms with Crippen molar-refractivity contribution in [1.29, 1.82) is 0 Å². The van der Waals surface area contributed by atoms with Gasteiger partial charge in [0.2, 0.25) is 0 Å². The zero-order valence-electron chi connectivity index (χ0n) is 10.8. The molecule has 0 aliphatic heterocycles. The van der Waals surface area contributed by atoms with E-state index in [4.69, 9.17) is 23.2 Å². The summed E-state index contributed by atoms with van der Waals surface area (Å²) >= 11 is 11.8. The first kappa shape index (κ1) is 15.6. The van der Waals surface area contributed by atoms with Crippen molar-refractivity contribution in [2.24, 2.45) is 0 Å². The molecule has 1 aromatic rings. The Balaban J connectivity index is 2.44. The molecule has 0 heterocycles. The first-order valence-corrected chi connectivity index (χ1v) is 6.91. The molecule has 3 nitrogen and oxygen atoms in total. The zero-order chi connectivity index (χ0) is 13.5. The van der Waals surface area contributed by atoms with Crippen LogP contribution in [0.2, 0.25) is 10.0 Å². The highest BCUT2D eigenvalue weighted by Gasteiger charge is 2.08. The lowest BCUT2D eigenvalue weighted by molar-refractivity contribution is 0.128. The number of nitrogens with one attached hydrogen (secondary N) is 1. The van der Waals surface area contributed by atoms with E-state index in [0.717, 1.165) is 18.8 Å². The fraction of sp³-hybridized carbons (Fsp3) is 0.538. The predicted octanol–water partition coefficient (Wildman–Crippen LogP) is 3.11. The SMILES string of the molecule is CCN(CC)CC(O)CNc1cc(Cl)cc(Cl)c1. The molecule has 0 saturated heterocycles. The number of likely N-dealkylation sites (N-methyl/N-ethyl adjacent to an activating group) is 1. The molecule has 0 spiro atoms. The van der Waals surface area contributed by atoms with E-state index in [0.29, 0.717) is 23.1 Å². The van der Waals surface area contributed by atoms with Gasteiger partial charge in [-0.3, -0.25) is 0 Å². The summed E-state index contributed by atoms with van der Waals surface area (Å²) in [4.78, 5) is 2.18. The molecular formula is C13H20Cl2N2O. The molecular weight excluding hydrogens is 271 g/mol. The first-order chi connectivity index (χ1) is 8.55. The van der Waals surface area contributed by atoms with E-state index in [-0.39, 0.29) is 0 Å². The molecule has 0 radical (unpaired) electrons. The van der Waals surface area contributed by atoms with Gasteiger partial charge in [-0.2, -0.15) is 0 Å². The standard InChI is InChI=1S/C13H20Cl2N2O/c1-3-17(4-2)9-13(18)8-16-12-6-10(14)5-11(15)7-12/h5-7,13,16,18H,3-4,8-9H2,1-2H3. The van der Waals surface area contributed by atoms with Crippen molar-refractivity contribution in [3.63, 3.8) is 0 Å². The summed E-state index contributed by atoms with van der Waals surface area (Å²) in [5.74, 6) is 0. The van der Waals surface area contributed by atoms with Gasteiger partial charge < -0.3 is 15.3 Å². The molecule has 2 N–H and O–H groups in total. The molecule has 102 valence electrons. The monoisotopic (exact) mass is 290 g/mol. The molecule has 0 aromatic heterocycles. The maximum atomic E-state index is 9.91. The molecule has 0 amide bonds. The summed E-state index contributed by atoms with van der Waals surface area (Å²) in [7, 11) is 0. The first-order valence-electron chi connectivity index (χ1n) is 6.15. The van der Waals surface area contributed by atoms with Crippen LogP contribution < -0.4 is 5.32 Å². The molecule has 0 fully saturated rings. The second kappa shape index (κ2) is 7.85. The van der Waals surface area contributed by atoms with E-state index in [9.17, 15) is 5.11 Å². The fourth-order valence-electron chi connectivity index (χ4n) is 1.74. The lowest BCUT2D eigenvalue weighted by Gasteiger charge is -2.22. The lowest BCUT2D eigenvalue weighted by atomic mass is 10.2. The number of halogens is 2. The third-order valence-electron chi connectivity index (χ3n) is 2.77. The molecule has 0 bridgehead atoms. The normalized spacial score (nSPS) is 12.8. The Bertz CT molecular complexity index is 350. The van der Waals surface area contributed by atoms with Crippen LogP contribution in [0.15, 0.2) is 18.2 Å². The maximum absolute atomic E-state index is 9.91. The third-order valence-corrected chi connectivity index (χ3v) is 3.20. The molecule has 0 aliphatic rings. The topological polar surface area (TPSA) is 35.5 Å². The van der Waals surface area contributed by atoms with Gasteiger partial charge in [0.1, 0.15) is 0 Å². The Morgan fingerprint density at radius 1 is 1.17 bits per heavy atom. The van der Waals surface area contributed by atoms with E-state index >= 15 is 0 Å². The van der Waals surface area contributed by atoms with Crippen LogP contribution >= 0.6 is 23.2 Å². The second-order valence-electron chi connectivity index (χ2n) is 4.18. The highest BCUT2D eigenvalue weighted by Crippen LogP contribution is 2.22. The predicted molar refractivity (Wildman–Crippen MR) is 78.7 cm³/mol. The number of aliphatic hydroxyl groups is 1. The van der Waals surface area contributed by atoms with Crippen molar-refractivity contribution in [3.05, 3.63) is 28.2 Å². The van der Waals surface area contributed by atoms with Crippen LogP contribution in [0.3, 0.4) is 0 Å². The van der Waals surface area contributed by atoms with E-state index < -0.39 is 6.10 Å². The van der Waals surface area contributed by atoms with Gasteiger partial charge in [-0.1, -0.05) is 37.0 Å². The van der Waals surface area contributed by atoms with Gasteiger partial charge in [-0.15, -0.1) is 0 Å². The van der Waals surface area contributed by atoms with Crippen molar-refractivity contribution in [2.45, 2.75) is 20.0 Å². The van der Waals surface area contributed by atoms with Crippen molar-refractivity contribution < 1.29 is 5.11 Å². The molecule has 0 saturated carbocycles. The summed E-state index contributed by atoms with van der Waals surface area (Å²) in [5.41, 5.74) is 0.825. The van der Waals surface area contributed by atoms with Crippen LogP contribution in [0.4, 0.5) is 5.69 Å². The van der Waals surface area contributed by atoms with Crippen LogP contribution in [0.25, 0.3) is 0 Å². The van der Waals surface area contributed by atoms with E-state index in [1.165, 1.54) is 0 Å². The van der Waals surface area contributed by atoms with E-state index in [1.54, 1.807) is 18.2 Å². The van der Waals surface area contributed by atoms with Crippen molar-refractivity contribution in [2.75, 3.05) is 31.5 Å². The minimum absolute atomic E-state index is 0.414. The van der Waals surface area contributed by atoms with Gasteiger partial charge in [0, 0.05) is 28.8 Å². The summed E-state index contributed by atoms with van der Waals surface area (Å²) in [5, 5.41) is 14.2. The number of benzene rings is 1. The summed E-state index contributed by atoms with van der Waals surface area (Å²) in [6, 6.07) is 5.26. The highest BCUT2D eigenvalue weighted by molar-refractivity contribution is 6.35. The molecule has 1 aromatic carbocycles. The van der Waals surface area contributed by atoms with Crippen molar-refractivity contribution >= 4 is 28.9 Å². The molecule has 1 rings (SSSR count). The average Bonchev–Trinajstić information content (AvgIpc) is 2.32. The molecule has 1 unspecified atom stereocenters. The highest BCUT2D eigenvalue weighted by atomic mass is 35.5. The molecule has 5 heteroatoms. The third kappa shape index (κ3) is 5.44. The van der Waals surface area contributed by atoms with Gasteiger partial charge in [0.25, 0.3) is 0 Å². The Kier molecular flexibility index (Phi) is 6.79. The smallest absolute Gasteiger partial charge is 0.0839 e. The summed E-state index contributed by atoms with van der Waals surface area (Å²) in [6.07, 6.45) is -0.414. The minimum atomic E-state index is -0.414. The van der Waals surface area contributed by atoms with Crippen molar-refractivity contribution in [3.8, 4) is 0 Å². The van der Waals surface area contributed by atoms with Gasteiger partial charge in [0.05, 0.1) is 6.10 Å². The average molecular weight is 291 g/mol. The van der Waals surface area contributed by atoms with Gasteiger partial charge in [-0.25, -0.2) is 0 Å². The van der Waals surface area contributed by atoms with Crippen LogP contribution in [-0.4, -0.2) is 42.3 Å². The zero-order valence-corrected chi connectivity index (χ0v) is 12.3. The number of hydrogen-bond donors (Lipinski definition) is 2. The number of anilines is 1. The molecule has 18 heavy (non-hydrogen) atoms. The summed E-state index contributed by atoms with van der Waals surface area (Å²) < 4.78 is 0. The Hall–Kier alpha value is -0.480. The molecule has 1 atom stereocenters. The number of rotatable bonds is 7. The summed E-state index contributed by atoms with van der Waals surface area (Å²) in [6.45, 7) is 7.19. The van der Waals surface area contributed by atoms with Crippen molar-refractivity contribution in [1.82, 2.24) is 4.90 Å². The fourth-order valence-corrected chi connectivity index (χ4v) is 2.26. The second-order valence-corrected chi connectivity index (χ2v) is 5.05.